The molecule has 0 spiro atoms. The molecule has 1 aliphatic heterocycles. The molecule has 0 amide bonds. The van der Waals surface area contributed by atoms with Crippen LogP contribution in [-0.4, -0.2) is 40.0 Å². The molecule has 2 aliphatic rings. The molecule has 3 rings (SSSR count). The van der Waals surface area contributed by atoms with Crippen LogP contribution < -0.4 is 5.32 Å². The third kappa shape index (κ3) is 4.66. The Morgan fingerprint density at radius 3 is 2.57 bits per heavy atom. The number of anilines is 1. The normalized spacial score (nSPS) is 23.3. The molecule has 0 bridgehead atoms. The number of aromatic nitrogens is 2. The zero-order valence-electron chi connectivity index (χ0n) is 14.6. The van der Waals surface area contributed by atoms with Gasteiger partial charge in [-0.2, -0.15) is 0 Å². The average Bonchev–Trinajstić information content (AvgIpc) is 3.12. The summed E-state index contributed by atoms with van der Waals surface area (Å²) < 4.78 is 0. The maximum absolute atomic E-state index is 4.44. The van der Waals surface area contributed by atoms with Gasteiger partial charge >= 0.3 is 0 Å². The molecule has 4 heteroatoms. The van der Waals surface area contributed by atoms with Crippen LogP contribution in [-0.2, 0) is 6.42 Å². The summed E-state index contributed by atoms with van der Waals surface area (Å²) in [6.45, 7) is 4.49. The van der Waals surface area contributed by atoms with Crippen molar-refractivity contribution >= 4 is 5.95 Å². The van der Waals surface area contributed by atoms with Crippen LogP contribution in [0.4, 0.5) is 5.95 Å². The topological polar surface area (TPSA) is 41.1 Å². The van der Waals surface area contributed by atoms with Gasteiger partial charge in [0.05, 0.1) is 0 Å². The Labute approximate surface area is 141 Å². The Morgan fingerprint density at radius 2 is 1.83 bits per heavy atom. The minimum Gasteiger partial charge on any atom is -0.354 e. The van der Waals surface area contributed by atoms with Crippen LogP contribution in [0.25, 0.3) is 0 Å². The summed E-state index contributed by atoms with van der Waals surface area (Å²) in [6.07, 6.45) is 17.2. The molecule has 1 aromatic heterocycles. The first kappa shape index (κ1) is 16.7. The van der Waals surface area contributed by atoms with Gasteiger partial charge in [-0.25, -0.2) is 9.97 Å². The molecule has 1 aliphatic carbocycles. The lowest BCUT2D eigenvalue weighted by molar-refractivity contribution is 0.0933. The van der Waals surface area contributed by atoms with E-state index in [9.17, 15) is 0 Å². The maximum atomic E-state index is 4.44. The van der Waals surface area contributed by atoms with Gasteiger partial charge in [0, 0.05) is 31.0 Å². The van der Waals surface area contributed by atoms with Crippen LogP contribution in [0.2, 0.25) is 0 Å². The fourth-order valence-corrected chi connectivity index (χ4v) is 4.26. The number of aryl methyl sites for hydroxylation is 1. The van der Waals surface area contributed by atoms with Crippen molar-refractivity contribution in [3.05, 3.63) is 18.0 Å². The monoisotopic (exact) mass is 316 g/mol. The van der Waals surface area contributed by atoms with Gasteiger partial charge in [-0.3, -0.25) is 4.90 Å². The van der Waals surface area contributed by atoms with E-state index in [1.54, 1.807) is 0 Å². The van der Waals surface area contributed by atoms with E-state index in [0.717, 1.165) is 37.4 Å². The number of rotatable bonds is 7. The molecule has 2 heterocycles. The smallest absolute Gasteiger partial charge is 0.222 e. The van der Waals surface area contributed by atoms with Crippen molar-refractivity contribution in [3.63, 3.8) is 0 Å². The Balaban J connectivity index is 1.46. The SMILES string of the molecule is CCCc1cnc(NCC[C@H]2CCCCN2C2CCCC2)nc1. The zero-order valence-corrected chi connectivity index (χ0v) is 14.6. The van der Waals surface area contributed by atoms with Crippen molar-refractivity contribution in [2.75, 3.05) is 18.4 Å². The van der Waals surface area contributed by atoms with Crippen molar-refractivity contribution in [2.45, 2.75) is 83.2 Å². The summed E-state index contributed by atoms with van der Waals surface area (Å²) in [7, 11) is 0. The Hall–Kier alpha value is -1.16. The van der Waals surface area contributed by atoms with Crippen LogP contribution in [0.1, 0.15) is 70.3 Å². The standard InChI is InChI=1S/C19H32N4/c1-2-7-16-14-21-19(22-15-16)20-12-11-18-10-5-6-13-23(18)17-8-3-4-9-17/h14-15,17-18H,2-13H2,1H3,(H,20,21,22)/t18-/m1/s1. The second-order valence-electron chi connectivity index (χ2n) is 7.21. The fraction of sp³-hybridized carbons (Fsp3) is 0.789. The molecule has 0 aromatic carbocycles. The number of hydrogen-bond donors (Lipinski definition) is 1. The van der Waals surface area contributed by atoms with E-state index >= 15 is 0 Å². The van der Waals surface area contributed by atoms with Crippen molar-refractivity contribution < 1.29 is 0 Å². The molecular weight excluding hydrogens is 284 g/mol. The molecule has 2 fully saturated rings. The van der Waals surface area contributed by atoms with Crippen molar-refractivity contribution in [2.24, 2.45) is 0 Å². The summed E-state index contributed by atoms with van der Waals surface area (Å²) in [5.41, 5.74) is 1.23. The van der Waals surface area contributed by atoms with E-state index in [1.165, 1.54) is 63.5 Å². The van der Waals surface area contributed by atoms with Gasteiger partial charge in [-0.15, -0.1) is 0 Å². The van der Waals surface area contributed by atoms with Crippen LogP contribution >= 0.6 is 0 Å². The van der Waals surface area contributed by atoms with Gasteiger partial charge in [-0.05, 0) is 50.6 Å². The lowest BCUT2D eigenvalue weighted by Crippen LogP contribution is -2.45. The Morgan fingerprint density at radius 1 is 1.09 bits per heavy atom. The second kappa shape index (κ2) is 8.62. The third-order valence-corrected chi connectivity index (χ3v) is 5.47. The molecule has 0 unspecified atom stereocenters. The molecule has 4 nitrogen and oxygen atoms in total. The summed E-state index contributed by atoms with van der Waals surface area (Å²) >= 11 is 0. The van der Waals surface area contributed by atoms with Crippen molar-refractivity contribution in [1.29, 1.82) is 0 Å². The maximum Gasteiger partial charge on any atom is 0.222 e. The average molecular weight is 316 g/mol. The van der Waals surface area contributed by atoms with Gasteiger partial charge in [0.15, 0.2) is 0 Å². The summed E-state index contributed by atoms with van der Waals surface area (Å²) in [6, 6.07) is 1.63. The van der Waals surface area contributed by atoms with Crippen LogP contribution in [0.15, 0.2) is 12.4 Å². The number of nitrogens with one attached hydrogen (secondary N) is 1. The lowest BCUT2D eigenvalue weighted by Gasteiger charge is -2.40. The van der Waals surface area contributed by atoms with Gasteiger partial charge in [0.1, 0.15) is 0 Å². The fourth-order valence-electron chi connectivity index (χ4n) is 4.26. The van der Waals surface area contributed by atoms with E-state index in [1.807, 2.05) is 12.4 Å². The summed E-state index contributed by atoms with van der Waals surface area (Å²) in [5.74, 6) is 0.785. The highest BCUT2D eigenvalue weighted by Crippen LogP contribution is 2.30. The molecule has 1 aromatic rings. The molecule has 1 saturated heterocycles. The van der Waals surface area contributed by atoms with Crippen LogP contribution in [0.3, 0.4) is 0 Å². The molecule has 128 valence electrons. The predicted molar refractivity (Wildman–Crippen MR) is 95.7 cm³/mol. The van der Waals surface area contributed by atoms with Crippen LogP contribution in [0.5, 0.6) is 0 Å². The summed E-state index contributed by atoms with van der Waals surface area (Å²) in [5, 5.41) is 3.42. The number of hydrogen-bond acceptors (Lipinski definition) is 4. The Kier molecular flexibility index (Phi) is 6.26. The first-order chi connectivity index (χ1) is 11.4. The molecular formula is C19H32N4. The van der Waals surface area contributed by atoms with Gasteiger partial charge in [0.2, 0.25) is 5.95 Å². The number of likely N-dealkylation sites (tertiary alicyclic amines) is 1. The number of nitrogens with zero attached hydrogens (tertiary/aromatic N) is 3. The summed E-state index contributed by atoms with van der Waals surface area (Å²) in [4.78, 5) is 11.7. The van der Waals surface area contributed by atoms with Crippen LogP contribution in [0, 0.1) is 0 Å². The van der Waals surface area contributed by atoms with E-state index in [4.69, 9.17) is 0 Å². The van der Waals surface area contributed by atoms with Gasteiger partial charge in [0.25, 0.3) is 0 Å². The molecule has 23 heavy (non-hydrogen) atoms. The highest BCUT2D eigenvalue weighted by Gasteiger charge is 2.30. The molecule has 0 radical (unpaired) electrons. The molecule has 1 atom stereocenters. The van der Waals surface area contributed by atoms with E-state index in [-0.39, 0.29) is 0 Å². The molecule has 1 saturated carbocycles. The van der Waals surface area contributed by atoms with E-state index in [2.05, 4.69) is 27.1 Å². The first-order valence-electron chi connectivity index (χ1n) is 9.67. The van der Waals surface area contributed by atoms with Crippen molar-refractivity contribution in [1.82, 2.24) is 14.9 Å². The second-order valence-corrected chi connectivity index (χ2v) is 7.21. The van der Waals surface area contributed by atoms with Crippen molar-refractivity contribution in [3.8, 4) is 0 Å². The number of piperidine rings is 1. The van der Waals surface area contributed by atoms with Gasteiger partial charge in [-0.1, -0.05) is 32.6 Å². The quantitative estimate of drug-likeness (QED) is 0.824. The van der Waals surface area contributed by atoms with E-state index < -0.39 is 0 Å². The Bertz CT molecular complexity index is 453. The van der Waals surface area contributed by atoms with E-state index in [0.29, 0.717) is 0 Å². The first-order valence-corrected chi connectivity index (χ1v) is 9.67. The predicted octanol–water partition coefficient (Wildman–Crippen LogP) is 4.03. The molecule has 1 N–H and O–H groups in total. The highest BCUT2D eigenvalue weighted by molar-refractivity contribution is 5.24. The minimum absolute atomic E-state index is 0.763. The largest absolute Gasteiger partial charge is 0.354 e. The highest BCUT2D eigenvalue weighted by atomic mass is 15.2. The lowest BCUT2D eigenvalue weighted by atomic mass is 9.96. The third-order valence-electron chi connectivity index (χ3n) is 5.47. The minimum atomic E-state index is 0.763. The zero-order chi connectivity index (χ0) is 15.9. The van der Waals surface area contributed by atoms with Gasteiger partial charge < -0.3 is 5.32 Å².